The number of anilines is 2. The van der Waals surface area contributed by atoms with E-state index in [1.807, 2.05) is 4.90 Å². The van der Waals surface area contributed by atoms with Gasteiger partial charge >= 0.3 is 12.2 Å². The molecule has 5 rings (SSSR count). The average molecular weight is 618 g/mol. The van der Waals surface area contributed by atoms with Crippen LogP contribution in [0.3, 0.4) is 0 Å². The van der Waals surface area contributed by atoms with Gasteiger partial charge in [0, 0.05) is 44.3 Å². The molecule has 1 aromatic carbocycles. The molecule has 0 radical (unpaired) electrons. The van der Waals surface area contributed by atoms with Crippen LogP contribution in [0.5, 0.6) is 6.01 Å². The Balaban J connectivity index is 1.49. The Morgan fingerprint density at radius 2 is 2.00 bits per heavy atom. The van der Waals surface area contributed by atoms with Crippen LogP contribution in [0, 0.1) is 17.2 Å². The minimum Gasteiger partial charge on any atom is -0.462 e. The van der Waals surface area contributed by atoms with Crippen molar-refractivity contribution < 1.29 is 22.7 Å². The Morgan fingerprint density at radius 1 is 1.21 bits per heavy atom. The maximum Gasteiger partial charge on any atom is 0.419 e. The zero-order valence-corrected chi connectivity index (χ0v) is 25.0. The fourth-order valence-electron chi connectivity index (χ4n) is 6.44. The second-order valence-corrected chi connectivity index (χ2v) is 11.9. The number of hydrogen-bond donors (Lipinski definition) is 0. The number of ether oxygens (including phenoxy) is 1. The van der Waals surface area contributed by atoms with Crippen LogP contribution in [0.4, 0.5) is 24.7 Å². The molecule has 1 amide bonds. The third-order valence-electron chi connectivity index (χ3n) is 8.51. The number of nitriles is 1. The van der Waals surface area contributed by atoms with Crippen LogP contribution in [0.15, 0.2) is 30.9 Å². The molecule has 3 aliphatic rings. The monoisotopic (exact) mass is 617 g/mol. The van der Waals surface area contributed by atoms with E-state index in [0.29, 0.717) is 56.6 Å². The number of rotatable bonds is 7. The van der Waals surface area contributed by atoms with E-state index in [1.165, 1.54) is 24.3 Å². The van der Waals surface area contributed by atoms with E-state index in [4.69, 9.17) is 26.3 Å². The summed E-state index contributed by atoms with van der Waals surface area (Å²) in [6, 6.07) is 6.35. The van der Waals surface area contributed by atoms with E-state index in [9.17, 15) is 23.2 Å². The van der Waals surface area contributed by atoms with Crippen LogP contribution in [0.25, 0.3) is 0 Å². The fraction of sp³-hybridized carbons (Fsp3) is 0.533. The molecule has 13 heteroatoms. The Bertz CT molecular complexity index is 1420. The lowest BCUT2D eigenvalue weighted by atomic mass is 10.0. The smallest absolute Gasteiger partial charge is 0.419 e. The molecule has 3 aliphatic heterocycles. The Hall–Kier alpha value is -3.56. The number of benzene rings is 1. The molecular formula is C30H35ClF3N7O2. The highest BCUT2D eigenvalue weighted by molar-refractivity contribution is 6.31. The second-order valence-electron chi connectivity index (χ2n) is 11.5. The van der Waals surface area contributed by atoms with Gasteiger partial charge in [0.2, 0.25) is 5.91 Å². The van der Waals surface area contributed by atoms with Crippen LogP contribution in [0.2, 0.25) is 5.02 Å². The molecule has 2 saturated heterocycles. The summed E-state index contributed by atoms with van der Waals surface area (Å²) in [5, 5.41) is 9.10. The molecule has 0 spiro atoms. The summed E-state index contributed by atoms with van der Waals surface area (Å²) < 4.78 is 48.2. The molecule has 2 fully saturated rings. The summed E-state index contributed by atoms with van der Waals surface area (Å²) >= 11 is 6.03. The van der Waals surface area contributed by atoms with E-state index in [1.54, 1.807) is 9.80 Å². The summed E-state index contributed by atoms with van der Waals surface area (Å²) in [6.45, 7) is 8.75. The third-order valence-corrected chi connectivity index (χ3v) is 8.82. The van der Waals surface area contributed by atoms with Crippen molar-refractivity contribution in [2.24, 2.45) is 5.92 Å². The quantitative estimate of drug-likeness (QED) is 0.419. The van der Waals surface area contributed by atoms with E-state index < -0.39 is 11.7 Å². The van der Waals surface area contributed by atoms with Gasteiger partial charge < -0.3 is 19.4 Å². The highest BCUT2D eigenvalue weighted by Gasteiger charge is 2.39. The van der Waals surface area contributed by atoms with Gasteiger partial charge in [-0.05, 0) is 44.0 Å². The van der Waals surface area contributed by atoms with E-state index in [-0.39, 0.29) is 47.7 Å². The number of piperazine rings is 1. The summed E-state index contributed by atoms with van der Waals surface area (Å²) in [4.78, 5) is 29.6. The van der Waals surface area contributed by atoms with Gasteiger partial charge in [0.15, 0.2) is 0 Å². The number of carbonyl (C=O) groups is 1. The van der Waals surface area contributed by atoms with Gasteiger partial charge in [-0.1, -0.05) is 31.2 Å². The minimum absolute atomic E-state index is 0.000449. The first-order valence-corrected chi connectivity index (χ1v) is 14.8. The molecule has 4 heterocycles. The normalized spacial score (nSPS) is 22.7. The van der Waals surface area contributed by atoms with E-state index in [0.717, 1.165) is 18.5 Å². The number of carbonyl (C=O) groups excluding carboxylic acids is 1. The van der Waals surface area contributed by atoms with Gasteiger partial charge in [0.05, 0.1) is 47.0 Å². The average Bonchev–Trinajstić information content (AvgIpc) is 3.30. The van der Waals surface area contributed by atoms with Crippen molar-refractivity contribution in [2.75, 3.05) is 56.2 Å². The number of likely N-dealkylation sites (N-methyl/N-ethyl adjacent to an activating group) is 1. The first kappa shape index (κ1) is 30.9. The number of alkyl halides is 3. The van der Waals surface area contributed by atoms with Crippen molar-refractivity contribution in [3.63, 3.8) is 0 Å². The maximum atomic E-state index is 14.0. The van der Waals surface area contributed by atoms with Gasteiger partial charge in [0.25, 0.3) is 0 Å². The third kappa shape index (κ3) is 6.53. The molecule has 0 bridgehead atoms. The van der Waals surface area contributed by atoms with Crippen LogP contribution >= 0.6 is 11.6 Å². The van der Waals surface area contributed by atoms with Gasteiger partial charge in [-0.15, -0.1) is 0 Å². The van der Waals surface area contributed by atoms with E-state index >= 15 is 0 Å². The molecule has 1 aromatic heterocycles. The lowest BCUT2D eigenvalue weighted by molar-refractivity contribution is -0.137. The van der Waals surface area contributed by atoms with Crippen LogP contribution in [-0.2, 0) is 23.9 Å². The molecule has 43 heavy (non-hydrogen) atoms. The number of fused-ring (bicyclic) bond motifs is 1. The standard InChI is InChI=1S/C30H35ClF3N7O2/c1-4-26(42)41-13-12-40(16-20(41)8-10-35)28-22-9-11-39(25-7-5-6-23(31)27(25)30(32,33)34)17-24(22)36-29(37-28)43-18-21-14-19(2)15-38(21)3/h4-7,19-21H,1,8-9,11-18H2,2-3H3/t19-,20+,21+/m1/s1. The van der Waals surface area contributed by atoms with Crippen molar-refractivity contribution in [2.45, 2.75) is 51.0 Å². The lowest BCUT2D eigenvalue weighted by Gasteiger charge is -2.42. The molecular weight excluding hydrogens is 583 g/mol. The molecule has 0 N–H and O–H groups in total. The Labute approximate surface area is 254 Å². The molecule has 3 atom stereocenters. The maximum absolute atomic E-state index is 14.0. The van der Waals surface area contributed by atoms with Gasteiger partial charge in [-0.2, -0.15) is 28.4 Å². The zero-order valence-electron chi connectivity index (χ0n) is 24.3. The highest BCUT2D eigenvalue weighted by atomic mass is 35.5. The van der Waals surface area contributed by atoms with Crippen molar-refractivity contribution >= 4 is 29.0 Å². The van der Waals surface area contributed by atoms with Gasteiger partial charge in [-0.25, -0.2) is 0 Å². The number of amides is 1. The summed E-state index contributed by atoms with van der Waals surface area (Å²) in [5.74, 6) is 0.934. The van der Waals surface area contributed by atoms with E-state index in [2.05, 4.69) is 31.5 Å². The Morgan fingerprint density at radius 3 is 2.67 bits per heavy atom. The van der Waals surface area contributed by atoms with Crippen LogP contribution < -0.4 is 14.5 Å². The molecule has 0 aliphatic carbocycles. The minimum atomic E-state index is -4.62. The topological polar surface area (TPSA) is 88.8 Å². The number of halogens is 4. The van der Waals surface area contributed by atoms with Crippen molar-refractivity contribution in [1.82, 2.24) is 19.8 Å². The second kappa shape index (κ2) is 12.6. The predicted octanol–water partition coefficient (Wildman–Crippen LogP) is 4.55. The summed E-state index contributed by atoms with van der Waals surface area (Å²) in [7, 11) is 2.05. The van der Waals surface area contributed by atoms with Gasteiger partial charge in [0.1, 0.15) is 12.4 Å². The highest BCUT2D eigenvalue weighted by Crippen LogP contribution is 2.43. The molecule has 230 valence electrons. The van der Waals surface area contributed by atoms with Gasteiger partial charge in [-0.3, -0.25) is 9.69 Å². The molecule has 0 saturated carbocycles. The number of hydrogen-bond acceptors (Lipinski definition) is 8. The van der Waals surface area contributed by atoms with Crippen molar-refractivity contribution in [1.29, 1.82) is 5.26 Å². The lowest BCUT2D eigenvalue weighted by Crippen LogP contribution is -2.55. The molecule has 2 aromatic rings. The predicted molar refractivity (Wildman–Crippen MR) is 157 cm³/mol. The number of likely N-dealkylation sites (tertiary alicyclic amines) is 1. The molecule has 9 nitrogen and oxygen atoms in total. The summed E-state index contributed by atoms with van der Waals surface area (Å²) in [6.07, 6.45) is -1.86. The first-order valence-electron chi connectivity index (χ1n) is 14.4. The zero-order chi connectivity index (χ0) is 30.9. The SMILES string of the molecule is C=CC(=O)N1CCN(c2nc(OC[C@@H]3C[C@@H](C)CN3C)nc3c2CCN(c2cccc(Cl)c2C(F)(F)F)C3)C[C@@H]1CC#N. The number of aromatic nitrogens is 2. The van der Waals surface area contributed by atoms with Crippen LogP contribution in [-0.4, -0.2) is 84.1 Å². The molecule has 0 unspecified atom stereocenters. The fourth-order valence-corrected chi connectivity index (χ4v) is 6.71. The van der Waals surface area contributed by atoms with Crippen LogP contribution in [0.1, 0.15) is 36.6 Å². The van der Waals surface area contributed by atoms with Crippen molar-refractivity contribution in [3.8, 4) is 12.1 Å². The number of nitrogens with zero attached hydrogens (tertiary/aromatic N) is 7. The summed E-state index contributed by atoms with van der Waals surface area (Å²) in [5.41, 5.74) is 0.533. The Kier molecular flexibility index (Phi) is 9.04. The largest absolute Gasteiger partial charge is 0.462 e. The first-order chi connectivity index (χ1) is 20.5. The van der Waals surface area contributed by atoms with Crippen molar-refractivity contribution in [3.05, 3.63) is 52.7 Å².